The molecule has 4 nitrogen and oxygen atoms in total. The minimum absolute atomic E-state index is 0.00418. The molecule has 1 atom stereocenters. The SMILES string of the molecule is C=CC1(C)CCC(S(=O)(=O)c2ccccc2)(S(=O)(=O)c2ccccc2)CC1=C. The summed E-state index contributed by atoms with van der Waals surface area (Å²) in [6.45, 7) is 9.80. The summed E-state index contributed by atoms with van der Waals surface area (Å²) >= 11 is 0. The summed E-state index contributed by atoms with van der Waals surface area (Å²) in [5, 5.41) is 0. The van der Waals surface area contributed by atoms with E-state index in [2.05, 4.69) is 13.2 Å². The Morgan fingerprint density at radius 1 is 0.821 bits per heavy atom. The van der Waals surface area contributed by atoms with Crippen LogP contribution < -0.4 is 0 Å². The van der Waals surface area contributed by atoms with E-state index in [1.54, 1.807) is 42.5 Å². The Balaban J connectivity index is 2.28. The van der Waals surface area contributed by atoms with Crippen LogP contribution in [0.4, 0.5) is 0 Å². The van der Waals surface area contributed by atoms with Crippen molar-refractivity contribution in [1.29, 1.82) is 0 Å². The predicted octanol–water partition coefficient (Wildman–Crippen LogP) is 4.56. The summed E-state index contributed by atoms with van der Waals surface area (Å²) in [5.74, 6) is 0. The molecule has 0 aromatic heterocycles. The van der Waals surface area contributed by atoms with E-state index in [4.69, 9.17) is 0 Å². The summed E-state index contributed by atoms with van der Waals surface area (Å²) in [4.78, 5) is 0.00836. The minimum atomic E-state index is -4.20. The first kappa shape index (κ1) is 20.6. The first-order valence-electron chi connectivity index (χ1n) is 9.02. The summed E-state index contributed by atoms with van der Waals surface area (Å²) in [7, 11) is -8.41. The molecule has 1 fully saturated rings. The van der Waals surface area contributed by atoms with Crippen molar-refractivity contribution in [3.63, 3.8) is 0 Å². The molecule has 1 aliphatic carbocycles. The van der Waals surface area contributed by atoms with E-state index < -0.39 is 29.2 Å². The van der Waals surface area contributed by atoms with Crippen LogP contribution in [0.1, 0.15) is 26.2 Å². The monoisotopic (exact) mass is 416 g/mol. The van der Waals surface area contributed by atoms with E-state index in [-0.39, 0.29) is 22.6 Å². The van der Waals surface area contributed by atoms with E-state index in [1.807, 2.05) is 6.92 Å². The van der Waals surface area contributed by atoms with Gasteiger partial charge in [0.05, 0.1) is 9.79 Å². The van der Waals surface area contributed by atoms with Gasteiger partial charge in [-0.3, -0.25) is 0 Å². The first-order valence-corrected chi connectivity index (χ1v) is 12.0. The van der Waals surface area contributed by atoms with Gasteiger partial charge in [-0.25, -0.2) is 16.8 Å². The topological polar surface area (TPSA) is 68.3 Å². The standard InChI is InChI=1S/C22H24O4S2/c1-4-21(3)15-16-22(17-18(21)2,27(23,24)19-11-7-5-8-12-19)28(25,26)20-13-9-6-10-14-20/h4-14H,1-2,15-17H2,3H3. The summed E-state index contributed by atoms with van der Waals surface area (Å²) in [5.41, 5.74) is 0.0646. The van der Waals surface area contributed by atoms with Crippen LogP contribution in [0, 0.1) is 5.41 Å². The molecule has 0 N–H and O–H groups in total. The Morgan fingerprint density at radius 2 is 1.25 bits per heavy atom. The van der Waals surface area contributed by atoms with E-state index >= 15 is 0 Å². The fraction of sp³-hybridized carbons (Fsp3) is 0.273. The Labute approximate surface area is 167 Å². The van der Waals surface area contributed by atoms with E-state index in [1.165, 1.54) is 24.3 Å². The fourth-order valence-electron chi connectivity index (χ4n) is 3.72. The predicted molar refractivity (Wildman–Crippen MR) is 111 cm³/mol. The van der Waals surface area contributed by atoms with Gasteiger partial charge in [0.2, 0.25) is 0 Å². The van der Waals surface area contributed by atoms with Crippen molar-refractivity contribution in [3.05, 3.63) is 85.5 Å². The number of hydrogen-bond donors (Lipinski definition) is 0. The van der Waals surface area contributed by atoms with Gasteiger partial charge in [-0.05, 0) is 37.1 Å². The van der Waals surface area contributed by atoms with Crippen molar-refractivity contribution in [2.75, 3.05) is 0 Å². The lowest BCUT2D eigenvalue weighted by Crippen LogP contribution is -2.51. The number of allylic oxidation sites excluding steroid dienone is 2. The third-order valence-corrected chi connectivity index (χ3v) is 11.6. The number of rotatable bonds is 5. The molecule has 0 spiro atoms. The van der Waals surface area contributed by atoms with Crippen molar-refractivity contribution in [3.8, 4) is 0 Å². The van der Waals surface area contributed by atoms with Gasteiger partial charge in [-0.2, -0.15) is 0 Å². The van der Waals surface area contributed by atoms with Crippen LogP contribution in [0.3, 0.4) is 0 Å². The molecule has 0 radical (unpaired) electrons. The largest absolute Gasteiger partial charge is 0.222 e. The van der Waals surface area contributed by atoms with Crippen molar-refractivity contribution in [1.82, 2.24) is 0 Å². The van der Waals surface area contributed by atoms with Gasteiger partial charge in [-0.15, -0.1) is 6.58 Å². The van der Waals surface area contributed by atoms with Gasteiger partial charge < -0.3 is 0 Å². The van der Waals surface area contributed by atoms with Gasteiger partial charge >= 0.3 is 0 Å². The van der Waals surface area contributed by atoms with E-state index in [0.29, 0.717) is 12.0 Å². The van der Waals surface area contributed by atoms with Gasteiger partial charge in [0.1, 0.15) is 0 Å². The van der Waals surface area contributed by atoms with Crippen LogP contribution in [0.5, 0.6) is 0 Å². The van der Waals surface area contributed by atoms with Crippen LogP contribution in [-0.2, 0) is 19.7 Å². The van der Waals surface area contributed by atoms with Crippen LogP contribution >= 0.6 is 0 Å². The quantitative estimate of drug-likeness (QED) is 0.670. The molecule has 0 amide bonds. The highest BCUT2D eigenvalue weighted by Gasteiger charge is 2.59. The second kappa shape index (κ2) is 7.01. The highest BCUT2D eigenvalue weighted by Crippen LogP contribution is 2.53. The lowest BCUT2D eigenvalue weighted by atomic mass is 9.72. The molecule has 28 heavy (non-hydrogen) atoms. The van der Waals surface area contributed by atoms with Gasteiger partial charge in [0.15, 0.2) is 23.8 Å². The number of sulfone groups is 2. The fourth-order valence-corrected chi connectivity index (χ4v) is 8.81. The highest BCUT2D eigenvalue weighted by molar-refractivity contribution is 8.10. The summed E-state index contributed by atoms with van der Waals surface area (Å²) < 4.78 is 52.9. The average molecular weight is 417 g/mol. The maximum absolute atomic E-state index is 13.7. The van der Waals surface area contributed by atoms with Crippen molar-refractivity contribution in [2.45, 2.75) is 40.1 Å². The molecule has 1 unspecified atom stereocenters. The zero-order chi connectivity index (χ0) is 20.6. The second-order valence-corrected chi connectivity index (χ2v) is 12.2. The van der Waals surface area contributed by atoms with Gasteiger partial charge in [0, 0.05) is 11.8 Å². The highest BCUT2D eigenvalue weighted by atomic mass is 32.3. The Bertz CT molecular complexity index is 1030. The molecule has 3 rings (SSSR count). The maximum Gasteiger partial charge on any atom is 0.199 e. The number of hydrogen-bond acceptors (Lipinski definition) is 4. The molecule has 2 aromatic rings. The second-order valence-electron chi connectivity index (χ2n) is 7.45. The smallest absolute Gasteiger partial charge is 0.199 e. The molecule has 148 valence electrons. The zero-order valence-electron chi connectivity index (χ0n) is 15.8. The molecule has 0 bridgehead atoms. The normalized spacial score (nSPS) is 22.5. The van der Waals surface area contributed by atoms with Crippen LogP contribution in [-0.4, -0.2) is 20.9 Å². The molecular weight excluding hydrogens is 392 g/mol. The molecule has 0 aliphatic heterocycles. The van der Waals surface area contributed by atoms with Crippen LogP contribution in [0.2, 0.25) is 0 Å². The Morgan fingerprint density at radius 3 is 1.61 bits per heavy atom. The lowest BCUT2D eigenvalue weighted by molar-refractivity contribution is 0.358. The molecule has 6 heteroatoms. The third kappa shape index (κ3) is 2.95. The molecule has 0 saturated heterocycles. The Kier molecular flexibility index (Phi) is 5.15. The average Bonchev–Trinajstić information content (AvgIpc) is 2.71. The maximum atomic E-state index is 13.7. The van der Waals surface area contributed by atoms with Crippen LogP contribution in [0.15, 0.2) is 95.3 Å². The summed E-state index contributed by atoms with van der Waals surface area (Å²) in [6.07, 6.45) is 1.88. The summed E-state index contributed by atoms with van der Waals surface area (Å²) in [6, 6.07) is 15.6. The molecular formula is C22H24O4S2. The van der Waals surface area contributed by atoms with Gasteiger partial charge in [-0.1, -0.05) is 61.5 Å². The van der Waals surface area contributed by atoms with Crippen LogP contribution in [0.25, 0.3) is 0 Å². The van der Waals surface area contributed by atoms with Crippen molar-refractivity contribution < 1.29 is 16.8 Å². The van der Waals surface area contributed by atoms with Gasteiger partial charge in [0.25, 0.3) is 0 Å². The molecule has 1 saturated carbocycles. The van der Waals surface area contributed by atoms with E-state index in [0.717, 1.165) is 0 Å². The molecule has 0 heterocycles. The first-order chi connectivity index (χ1) is 13.1. The lowest BCUT2D eigenvalue weighted by Gasteiger charge is -2.44. The Hall–Kier alpha value is -2.18. The molecule has 2 aromatic carbocycles. The zero-order valence-corrected chi connectivity index (χ0v) is 17.5. The third-order valence-electron chi connectivity index (χ3n) is 5.85. The van der Waals surface area contributed by atoms with E-state index in [9.17, 15) is 16.8 Å². The van der Waals surface area contributed by atoms with Crippen molar-refractivity contribution in [2.24, 2.45) is 5.41 Å². The minimum Gasteiger partial charge on any atom is -0.222 e. The van der Waals surface area contributed by atoms with Crippen molar-refractivity contribution >= 4 is 19.7 Å². The number of benzene rings is 2. The molecule has 1 aliphatic rings.